The van der Waals surface area contributed by atoms with Crippen molar-refractivity contribution in [3.63, 3.8) is 0 Å². The Morgan fingerprint density at radius 1 is 0.913 bits per heavy atom. The number of hydrogen-bond donors (Lipinski definition) is 2. The van der Waals surface area contributed by atoms with Crippen LogP contribution in [0.25, 0.3) is 0 Å². The number of anilines is 1. The van der Waals surface area contributed by atoms with Gasteiger partial charge >= 0.3 is 0 Å². The number of benzene rings is 2. The Hall–Kier alpha value is -2.18. The Morgan fingerprint density at radius 2 is 1.52 bits per heavy atom. The van der Waals surface area contributed by atoms with Crippen molar-refractivity contribution in [1.29, 1.82) is 0 Å². The van der Waals surface area contributed by atoms with Gasteiger partial charge in [-0.25, -0.2) is 13.1 Å². The van der Waals surface area contributed by atoms with Gasteiger partial charge in [-0.15, -0.1) is 0 Å². The Kier molecular flexibility index (Phi) is 6.31. The van der Waals surface area contributed by atoms with Crippen molar-refractivity contribution in [2.24, 2.45) is 0 Å². The minimum Gasteiger partial charge on any atom is -0.325 e. The molecule has 2 aromatic rings. The minimum absolute atomic E-state index is 0.000507. The summed E-state index contributed by atoms with van der Waals surface area (Å²) in [5.74, 6) is -0.386. The van der Waals surface area contributed by atoms with Gasteiger partial charge in [-0.05, 0) is 30.5 Å². The second kappa shape index (κ2) is 8.45. The van der Waals surface area contributed by atoms with Crippen LogP contribution in [0.4, 0.5) is 5.69 Å². The first-order valence-electron chi connectivity index (χ1n) is 7.41. The van der Waals surface area contributed by atoms with Gasteiger partial charge in [-0.2, -0.15) is 0 Å². The summed E-state index contributed by atoms with van der Waals surface area (Å²) in [5.41, 5.74) is 1.74. The highest BCUT2D eigenvalue weighted by Crippen LogP contribution is 2.05. The average molecular weight is 332 g/mol. The van der Waals surface area contributed by atoms with Gasteiger partial charge in [0.2, 0.25) is 15.9 Å². The first-order valence-corrected chi connectivity index (χ1v) is 9.06. The van der Waals surface area contributed by atoms with Crippen LogP contribution in [0, 0.1) is 0 Å². The number of aryl methyl sites for hydroxylation is 1. The third-order valence-corrected chi connectivity index (χ3v) is 4.64. The van der Waals surface area contributed by atoms with Crippen LogP contribution in [0.2, 0.25) is 0 Å². The average Bonchev–Trinajstić information content (AvgIpc) is 2.55. The highest BCUT2D eigenvalue weighted by atomic mass is 32.2. The molecular weight excluding hydrogens is 312 g/mol. The van der Waals surface area contributed by atoms with E-state index in [1.807, 2.05) is 36.4 Å². The van der Waals surface area contributed by atoms with E-state index in [0.29, 0.717) is 18.5 Å². The number of rotatable bonds is 8. The number of hydrogen-bond acceptors (Lipinski definition) is 3. The molecule has 0 aliphatic carbocycles. The molecule has 1 amide bonds. The van der Waals surface area contributed by atoms with Crippen LogP contribution in [0.5, 0.6) is 0 Å². The summed E-state index contributed by atoms with van der Waals surface area (Å²) >= 11 is 0. The number of carbonyl (C=O) groups excluding carboxylic acids is 1. The van der Waals surface area contributed by atoms with Crippen molar-refractivity contribution in [1.82, 2.24) is 4.72 Å². The van der Waals surface area contributed by atoms with Gasteiger partial charge in [0.1, 0.15) is 0 Å². The van der Waals surface area contributed by atoms with Crippen LogP contribution in [-0.2, 0) is 21.2 Å². The first-order chi connectivity index (χ1) is 11.1. The topological polar surface area (TPSA) is 75.3 Å². The number of nitrogens with one attached hydrogen (secondary N) is 2. The number of para-hydroxylation sites is 1. The number of carbonyl (C=O) groups is 1. The summed E-state index contributed by atoms with van der Waals surface area (Å²) in [7, 11) is -3.45. The van der Waals surface area contributed by atoms with E-state index in [2.05, 4.69) is 10.0 Å². The highest BCUT2D eigenvalue weighted by molar-refractivity contribution is 7.89. The lowest BCUT2D eigenvalue weighted by Gasteiger charge is -2.08. The van der Waals surface area contributed by atoms with E-state index in [-0.39, 0.29) is 18.2 Å². The maximum Gasteiger partial charge on any atom is 0.239 e. The van der Waals surface area contributed by atoms with E-state index >= 15 is 0 Å². The van der Waals surface area contributed by atoms with Crippen LogP contribution in [0.3, 0.4) is 0 Å². The predicted molar refractivity (Wildman–Crippen MR) is 91.6 cm³/mol. The summed E-state index contributed by atoms with van der Waals surface area (Å²) in [6.07, 6.45) is 1.21. The monoisotopic (exact) mass is 332 g/mol. The molecule has 0 aliphatic heterocycles. The zero-order valence-corrected chi connectivity index (χ0v) is 13.6. The molecule has 2 rings (SSSR count). The fraction of sp³-hybridized carbons (Fsp3) is 0.235. The SMILES string of the molecule is O=C(CNS(=O)(=O)CCCc1ccccc1)Nc1ccccc1. The molecule has 5 nitrogen and oxygen atoms in total. The van der Waals surface area contributed by atoms with E-state index in [1.165, 1.54) is 0 Å². The number of sulfonamides is 1. The zero-order chi connectivity index (χ0) is 16.5. The summed E-state index contributed by atoms with van der Waals surface area (Å²) in [4.78, 5) is 11.7. The van der Waals surface area contributed by atoms with E-state index < -0.39 is 10.0 Å². The Bertz CT molecular complexity index is 716. The molecule has 6 heteroatoms. The van der Waals surface area contributed by atoms with Crippen LogP contribution < -0.4 is 10.0 Å². The second-order valence-electron chi connectivity index (χ2n) is 5.14. The third kappa shape index (κ3) is 6.63. The van der Waals surface area contributed by atoms with Gasteiger partial charge in [-0.3, -0.25) is 4.79 Å². The maximum absolute atomic E-state index is 11.9. The molecule has 2 N–H and O–H groups in total. The van der Waals surface area contributed by atoms with Crippen LogP contribution in [0.1, 0.15) is 12.0 Å². The molecule has 0 atom stereocenters. The van der Waals surface area contributed by atoms with Crippen molar-refractivity contribution in [2.75, 3.05) is 17.6 Å². The van der Waals surface area contributed by atoms with Crippen LogP contribution >= 0.6 is 0 Å². The molecule has 2 aromatic carbocycles. The van der Waals surface area contributed by atoms with Crippen molar-refractivity contribution in [3.05, 3.63) is 66.2 Å². The van der Waals surface area contributed by atoms with Crippen LogP contribution in [0.15, 0.2) is 60.7 Å². The molecule has 0 saturated carbocycles. The largest absolute Gasteiger partial charge is 0.325 e. The summed E-state index contributed by atoms with van der Waals surface area (Å²) in [6, 6.07) is 18.6. The second-order valence-corrected chi connectivity index (χ2v) is 7.07. The normalized spacial score (nSPS) is 11.1. The summed E-state index contributed by atoms with van der Waals surface area (Å²) < 4.78 is 26.1. The highest BCUT2D eigenvalue weighted by Gasteiger charge is 2.12. The zero-order valence-electron chi connectivity index (χ0n) is 12.7. The van der Waals surface area contributed by atoms with E-state index in [1.54, 1.807) is 24.3 Å². The molecule has 122 valence electrons. The fourth-order valence-corrected chi connectivity index (χ4v) is 3.11. The van der Waals surface area contributed by atoms with Crippen molar-refractivity contribution in [2.45, 2.75) is 12.8 Å². The molecule has 0 fully saturated rings. The molecule has 0 unspecified atom stereocenters. The Morgan fingerprint density at radius 3 is 2.17 bits per heavy atom. The lowest BCUT2D eigenvalue weighted by atomic mass is 10.1. The van der Waals surface area contributed by atoms with Crippen LogP contribution in [-0.4, -0.2) is 26.6 Å². The van der Waals surface area contributed by atoms with Gasteiger partial charge in [-0.1, -0.05) is 48.5 Å². The molecule has 0 saturated heterocycles. The lowest BCUT2D eigenvalue weighted by molar-refractivity contribution is -0.115. The van der Waals surface area contributed by atoms with Crippen molar-refractivity contribution in [3.8, 4) is 0 Å². The van der Waals surface area contributed by atoms with Crippen molar-refractivity contribution < 1.29 is 13.2 Å². The summed E-state index contributed by atoms with van der Waals surface area (Å²) in [5, 5.41) is 2.63. The first kappa shape index (κ1) is 17.2. The molecule has 0 aliphatic rings. The van der Waals surface area contributed by atoms with Crippen molar-refractivity contribution >= 4 is 21.6 Å². The molecule has 0 heterocycles. The maximum atomic E-state index is 11.9. The Labute approximate surface area is 136 Å². The number of amides is 1. The smallest absolute Gasteiger partial charge is 0.239 e. The molecular formula is C17H20N2O3S. The summed E-state index contributed by atoms with van der Waals surface area (Å²) in [6.45, 7) is -0.261. The van der Waals surface area contributed by atoms with Gasteiger partial charge in [0.25, 0.3) is 0 Å². The molecule has 0 bridgehead atoms. The Balaban J connectivity index is 1.72. The van der Waals surface area contributed by atoms with Gasteiger partial charge in [0.15, 0.2) is 0 Å². The predicted octanol–water partition coefficient (Wildman–Crippen LogP) is 2.18. The lowest BCUT2D eigenvalue weighted by Crippen LogP contribution is -2.34. The van der Waals surface area contributed by atoms with Gasteiger partial charge in [0.05, 0.1) is 12.3 Å². The molecule has 0 radical (unpaired) electrons. The molecule has 23 heavy (non-hydrogen) atoms. The molecule has 0 spiro atoms. The third-order valence-electron chi connectivity index (χ3n) is 3.23. The molecule has 0 aromatic heterocycles. The minimum atomic E-state index is -3.45. The van der Waals surface area contributed by atoms with E-state index in [0.717, 1.165) is 5.56 Å². The van der Waals surface area contributed by atoms with E-state index in [4.69, 9.17) is 0 Å². The van der Waals surface area contributed by atoms with Gasteiger partial charge < -0.3 is 5.32 Å². The van der Waals surface area contributed by atoms with E-state index in [9.17, 15) is 13.2 Å². The van der Waals surface area contributed by atoms with Gasteiger partial charge in [0, 0.05) is 5.69 Å². The quantitative estimate of drug-likeness (QED) is 0.778. The fourth-order valence-electron chi connectivity index (χ4n) is 2.09. The standard InChI is InChI=1S/C17H20N2O3S/c20-17(19-16-11-5-2-6-12-16)14-18-23(21,22)13-7-10-15-8-3-1-4-9-15/h1-6,8-9,11-12,18H,7,10,13-14H2,(H,19,20).